The lowest BCUT2D eigenvalue weighted by atomic mass is 10.1. The molecular formula is C18H23N3O3. The summed E-state index contributed by atoms with van der Waals surface area (Å²) in [5, 5.41) is 6.97. The Bertz CT molecular complexity index is 651. The Balaban J connectivity index is 1.52. The molecule has 1 aliphatic heterocycles. The number of aromatic amines is 1. The van der Waals surface area contributed by atoms with Gasteiger partial charge in [0.1, 0.15) is 12.4 Å². The fourth-order valence-corrected chi connectivity index (χ4v) is 2.76. The van der Waals surface area contributed by atoms with E-state index in [0.29, 0.717) is 18.8 Å². The van der Waals surface area contributed by atoms with Crippen LogP contribution in [0.25, 0.3) is 0 Å². The average molecular weight is 329 g/mol. The van der Waals surface area contributed by atoms with Gasteiger partial charge in [-0.15, -0.1) is 0 Å². The van der Waals surface area contributed by atoms with Gasteiger partial charge in [0.15, 0.2) is 5.69 Å². The molecule has 2 aromatic rings. The van der Waals surface area contributed by atoms with Crippen LogP contribution in [0.3, 0.4) is 0 Å². The number of nitrogens with zero attached hydrogens (tertiary/aromatic N) is 2. The SMILES string of the molecule is CN(C[C@H]1CCCCO1)C(=O)c1cc(COc2ccccc2)[nH]n1. The first-order valence-corrected chi connectivity index (χ1v) is 8.31. The molecule has 1 aliphatic rings. The standard InChI is InChI=1S/C18H23N3O3/c1-21(12-16-9-5-6-10-23-16)18(22)17-11-14(19-20-17)13-24-15-7-3-2-4-8-15/h2-4,7-8,11,16H,5-6,9-10,12-13H2,1H3,(H,19,20)/t16-/m1/s1. The Morgan fingerprint density at radius 2 is 2.21 bits per heavy atom. The number of aromatic nitrogens is 2. The maximum Gasteiger partial charge on any atom is 0.274 e. The molecule has 0 aliphatic carbocycles. The number of H-pyrrole nitrogens is 1. The third kappa shape index (κ3) is 4.35. The Morgan fingerprint density at radius 3 is 2.96 bits per heavy atom. The van der Waals surface area contributed by atoms with E-state index in [0.717, 1.165) is 37.3 Å². The van der Waals surface area contributed by atoms with Crippen molar-refractivity contribution in [3.8, 4) is 5.75 Å². The number of amides is 1. The van der Waals surface area contributed by atoms with E-state index >= 15 is 0 Å². The summed E-state index contributed by atoms with van der Waals surface area (Å²) >= 11 is 0. The number of para-hydroxylation sites is 1. The minimum atomic E-state index is -0.105. The molecule has 1 aromatic heterocycles. The molecule has 1 N–H and O–H groups in total. The van der Waals surface area contributed by atoms with Crippen LogP contribution in [0, 0.1) is 0 Å². The summed E-state index contributed by atoms with van der Waals surface area (Å²) in [4.78, 5) is 14.1. The minimum absolute atomic E-state index is 0.105. The van der Waals surface area contributed by atoms with Gasteiger partial charge in [-0.3, -0.25) is 9.89 Å². The van der Waals surface area contributed by atoms with Crippen molar-refractivity contribution in [2.24, 2.45) is 0 Å². The molecule has 0 radical (unpaired) electrons. The van der Waals surface area contributed by atoms with Crippen molar-refractivity contribution in [3.63, 3.8) is 0 Å². The van der Waals surface area contributed by atoms with Crippen LogP contribution < -0.4 is 4.74 Å². The highest BCUT2D eigenvalue weighted by atomic mass is 16.5. The number of rotatable bonds is 6. The smallest absolute Gasteiger partial charge is 0.274 e. The van der Waals surface area contributed by atoms with Gasteiger partial charge in [-0.05, 0) is 37.5 Å². The van der Waals surface area contributed by atoms with Crippen LogP contribution >= 0.6 is 0 Å². The first kappa shape index (κ1) is 16.5. The maximum absolute atomic E-state index is 12.5. The minimum Gasteiger partial charge on any atom is -0.487 e. The van der Waals surface area contributed by atoms with Gasteiger partial charge in [-0.1, -0.05) is 18.2 Å². The number of benzene rings is 1. The molecule has 0 unspecified atom stereocenters. The molecule has 2 heterocycles. The normalized spacial score (nSPS) is 17.5. The predicted molar refractivity (Wildman–Crippen MR) is 89.9 cm³/mol. The van der Waals surface area contributed by atoms with Gasteiger partial charge in [-0.25, -0.2) is 0 Å². The second-order valence-corrected chi connectivity index (χ2v) is 6.05. The molecule has 0 bridgehead atoms. The highest BCUT2D eigenvalue weighted by Crippen LogP contribution is 2.15. The van der Waals surface area contributed by atoms with E-state index in [1.165, 1.54) is 0 Å². The molecule has 128 valence electrons. The number of hydrogen-bond acceptors (Lipinski definition) is 4. The quantitative estimate of drug-likeness (QED) is 0.885. The number of carbonyl (C=O) groups is 1. The highest BCUT2D eigenvalue weighted by molar-refractivity contribution is 5.92. The summed E-state index contributed by atoms with van der Waals surface area (Å²) in [7, 11) is 1.79. The van der Waals surface area contributed by atoms with Gasteiger partial charge in [0, 0.05) is 20.2 Å². The van der Waals surface area contributed by atoms with Crippen molar-refractivity contribution in [3.05, 3.63) is 47.8 Å². The van der Waals surface area contributed by atoms with E-state index in [4.69, 9.17) is 9.47 Å². The molecule has 1 saturated heterocycles. The van der Waals surface area contributed by atoms with Crippen molar-refractivity contribution in [1.82, 2.24) is 15.1 Å². The Kier molecular flexibility index (Phi) is 5.48. The second kappa shape index (κ2) is 7.97. The van der Waals surface area contributed by atoms with E-state index in [-0.39, 0.29) is 12.0 Å². The van der Waals surface area contributed by atoms with E-state index in [1.54, 1.807) is 18.0 Å². The molecule has 6 heteroatoms. The lowest BCUT2D eigenvalue weighted by molar-refractivity contribution is -0.000291. The molecule has 1 fully saturated rings. The van der Waals surface area contributed by atoms with Crippen LogP contribution in [-0.4, -0.2) is 47.3 Å². The Hall–Kier alpha value is -2.34. The molecule has 1 aromatic carbocycles. The van der Waals surface area contributed by atoms with Crippen molar-refractivity contribution in [2.75, 3.05) is 20.2 Å². The summed E-state index contributed by atoms with van der Waals surface area (Å²) in [5.41, 5.74) is 1.17. The molecule has 0 spiro atoms. The first-order chi connectivity index (χ1) is 11.7. The van der Waals surface area contributed by atoms with E-state index in [1.807, 2.05) is 30.3 Å². The molecular weight excluding hydrogens is 306 g/mol. The number of nitrogens with one attached hydrogen (secondary N) is 1. The molecule has 24 heavy (non-hydrogen) atoms. The Morgan fingerprint density at radius 1 is 1.38 bits per heavy atom. The van der Waals surface area contributed by atoms with Gasteiger partial charge < -0.3 is 14.4 Å². The lowest BCUT2D eigenvalue weighted by Gasteiger charge is -2.27. The largest absolute Gasteiger partial charge is 0.487 e. The van der Waals surface area contributed by atoms with E-state index in [9.17, 15) is 4.79 Å². The van der Waals surface area contributed by atoms with Crippen molar-refractivity contribution >= 4 is 5.91 Å². The summed E-state index contributed by atoms with van der Waals surface area (Å²) in [6.45, 7) is 1.73. The molecule has 3 rings (SSSR count). The molecule has 1 atom stereocenters. The number of carbonyl (C=O) groups excluding carboxylic acids is 1. The van der Waals surface area contributed by atoms with Crippen LogP contribution in [0.1, 0.15) is 35.4 Å². The van der Waals surface area contributed by atoms with E-state index < -0.39 is 0 Å². The van der Waals surface area contributed by atoms with Crippen LogP contribution in [0.2, 0.25) is 0 Å². The maximum atomic E-state index is 12.5. The lowest BCUT2D eigenvalue weighted by Crippen LogP contribution is -2.37. The van der Waals surface area contributed by atoms with Gasteiger partial charge in [0.2, 0.25) is 0 Å². The summed E-state index contributed by atoms with van der Waals surface area (Å²) in [5.74, 6) is 0.679. The van der Waals surface area contributed by atoms with Gasteiger partial charge in [-0.2, -0.15) is 5.10 Å². The number of likely N-dealkylation sites (N-methyl/N-ethyl adjacent to an activating group) is 1. The first-order valence-electron chi connectivity index (χ1n) is 8.31. The van der Waals surface area contributed by atoms with Gasteiger partial charge in [0.05, 0.1) is 11.8 Å². The third-order valence-electron chi connectivity index (χ3n) is 4.09. The molecule has 1 amide bonds. The molecule has 0 saturated carbocycles. The third-order valence-corrected chi connectivity index (χ3v) is 4.09. The van der Waals surface area contributed by atoms with Crippen LogP contribution in [0.15, 0.2) is 36.4 Å². The Labute approximate surface area is 141 Å². The van der Waals surface area contributed by atoms with Crippen LogP contribution in [0.5, 0.6) is 5.75 Å². The fourth-order valence-electron chi connectivity index (χ4n) is 2.76. The summed E-state index contributed by atoms with van der Waals surface area (Å²) in [6, 6.07) is 11.3. The van der Waals surface area contributed by atoms with Crippen molar-refractivity contribution in [2.45, 2.75) is 32.0 Å². The highest BCUT2D eigenvalue weighted by Gasteiger charge is 2.21. The predicted octanol–water partition coefficient (Wildman–Crippen LogP) is 2.63. The van der Waals surface area contributed by atoms with Gasteiger partial charge in [0.25, 0.3) is 5.91 Å². The zero-order valence-corrected chi connectivity index (χ0v) is 13.9. The average Bonchev–Trinajstić information content (AvgIpc) is 3.10. The monoisotopic (exact) mass is 329 g/mol. The zero-order chi connectivity index (χ0) is 16.8. The topological polar surface area (TPSA) is 67.4 Å². The summed E-state index contributed by atoms with van der Waals surface area (Å²) in [6.07, 6.45) is 3.41. The summed E-state index contributed by atoms with van der Waals surface area (Å²) < 4.78 is 11.3. The van der Waals surface area contributed by atoms with Crippen molar-refractivity contribution in [1.29, 1.82) is 0 Å². The van der Waals surface area contributed by atoms with Crippen LogP contribution in [0.4, 0.5) is 0 Å². The van der Waals surface area contributed by atoms with Crippen molar-refractivity contribution < 1.29 is 14.3 Å². The van der Waals surface area contributed by atoms with E-state index in [2.05, 4.69) is 10.2 Å². The zero-order valence-electron chi connectivity index (χ0n) is 13.9. The van der Waals surface area contributed by atoms with Crippen LogP contribution in [-0.2, 0) is 11.3 Å². The number of ether oxygens (including phenoxy) is 2. The number of hydrogen-bond donors (Lipinski definition) is 1. The van der Waals surface area contributed by atoms with Gasteiger partial charge >= 0.3 is 0 Å². The fraction of sp³-hybridized carbons (Fsp3) is 0.444. The molecule has 6 nitrogen and oxygen atoms in total. The second-order valence-electron chi connectivity index (χ2n) is 6.05.